The Labute approximate surface area is 88.7 Å². The molecule has 0 saturated carbocycles. The molecule has 0 amide bonds. The van der Waals surface area contributed by atoms with Crippen molar-refractivity contribution in [1.29, 1.82) is 0 Å². The molecule has 0 aliphatic heterocycles. The largest absolute Gasteiger partial charge is 0.373 e. The van der Waals surface area contributed by atoms with Gasteiger partial charge in [-0.15, -0.1) is 0 Å². The van der Waals surface area contributed by atoms with Crippen molar-refractivity contribution in [3.8, 4) is 0 Å². The Balaban J connectivity index is 2.43. The first kappa shape index (κ1) is 11.7. The van der Waals surface area contributed by atoms with Gasteiger partial charge in [0, 0.05) is 7.11 Å². The molecule has 0 aromatic heterocycles. The van der Waals surface area contributed by atoms with E-state index in [1.165, 1.54) is 7.11 Å². The predicted octanol–water partition coefficient (Wildman–Crippen LogP) is 2.16. The zero-order chi connectivity index (χ0) is 11.1. The van der Waals surface area contributed by atoms with Crippen LogP contribution in [0.1, 0.15) is 23.7 Å². The molecule has 0 saturated heterocycles. The first-order valence-corrected chi connectivity index (χ1v) is 4.73. The predicted molar refractivity (Wildman–Crippen MR) is 54.0 cm³/mol. The molecular weight excluding hydrogens is 196 g/mol. The van der Waals surface area contributed by atoms with E-state index in [-0.39, 0.29) is 0 Å². The van der Waals surface area contributed by atoms with Crippen LogP contribution in [-0.4, -0.2) is 19.4 Å². The van der Waals surface area contributed by atoms with Gasteiger partial charge in [0.2, 0.25) is 6.29 Å². The second-order valence-corrected chi connectivity index (χ2v) is 2.91. The minimum Gasteiger partial charge on any atom is -0.352 e. The van der Waals surface area contributed by atoms with Crippen LogP contribution >= 0.6 is 0 Å². The lowest BCUT2D eigenvalue weighted by Crippen LogP contribution is -2.17. The Morgan fingerprint density at radius 3 is 2.53 bits per heavy atom. The first-order chi connectivity index (χ1) is 7.27. The van der Waals surface area contributed by atoms with E-state index in [1.54, 1.807) is 24.3 Å². The Hall–Kier alpha value is -1.39. The number of carbonyl (C=O) groups excluding carboxylic acids is 1. The topological polar surface area (TPSA) is 44.8 Å². The Kier molecular flexibility index (Phi) is 4.80. The summed E-state index contributed by atoms with van der Waals surface area (Å²) in [6.07, 6.45) is 0.0936. The van der Waals surface area contributed by atoms with Gasteiger partial charge in [0.05, 0.1) is 5.56 Å². The van der Waals surface area contributed by atoms with E-state index < -0.39 is 12.3 Å². The lowest BCUT2D eigenvalue weighted by Gasteiger charge is -2.11. The minimum atomic E-state index is -0.522. The monoisotopic (exact) mass is 210 g/mol. The van der Waals surface area contributed by atoms with Crippen molar-refractivity contribution in [3.63, 3.8) is 0 Å². The molecule has 1 rings (SSSR count). The fourth-order valence-electron chi connectivity index (χ4n) is 0.994. The fourth-order valence-corrected chi connectivity index (χ4v) is 0.994. The van der Waals surface area contributed by atoms with Crippen molar-refractivity contribution in [2.24, 2.45) is 0 Å². The van der Waals surface area contributed by atoms with Gasteiger partial charge in [-0.05, 0) is 18.6 Å². The molecule has 0 radical (unpaired) electrons. The van der Waals surface area contributed by atoms with Crippen molar-refractivity contribution in [2.45, 2.75) is 19.6 Å². The molecule has 0 aliphatic carbocycles. The molecule has 1 aromatic rings. The van der Waals surface area contributed by atoms with Crippen LogP contribution in [0.25, 0.3) is 0 Å². The molecule has 15 heavy (non-hydrogen) atoms. The second kappa shape index (κ2) is 6.16. The summed E-state index contributed by atoms with van der Waals surface area (Å²) in [5.74, 6) is -0.522. The van der Waals surface area contributed by atoms with Gasteiger partial charge in [0.15, 0.2) is 0 Å². The van der Waals surface area contributed by atoms with Gasteiger partial charge >= 0.3 is 5.97 Å². The summed E-state index contributed by atoms with van der Waals surface area (Å²) < 4.78 is 4.89. The summed E-state index contributed by atoms with van der Waals surface area (Å²) in [6.45, 7) is 1.87. The summed E-state index contributed by atoms with van der Waals surface area (Å²) in [4.78, 5) is 20.8. The van der Waals surface area contributed by atoms with E-state index >= 15 is 0 Å². The third-order valence-corrected chi connectivity index (χ3v) is 1.84. The molecule has 1 atom stereocenters. The first-order valence-electron chi connectivity index (χ1n) is 4.73. The zero-order valence-corrected chi connectivity index (χ0v) is 8.80. The number of ether oxygens (including phenoxy) is 1. The molecular formula is C11H14O4. The molecule has 1 unspecified atom stereocenters. The van der Waals surface area contributed by atoms with E-state index in [1.807, 2.05) is 13.0 Å². The van der Waals surface area contributed by atoms with Crippen LogP contribution in [0.4, 0.5) is 0 Å². The average molecular weight is 210 g/mol. The van der Waals surface area contributed by atoms with Crippen LogP contribution in [0.15, 0.2) is 30.3 Å². The fraction of sp³-hybridized carbons (Fsp3) is 0.364. The van der Waals surface area contributed by atoms with Gasteiger partial charge in [-0.1, -0.05) is 25.1 Å². The SMILES string of the molecule is CCC(OC)OOC(=O)c1ccccc1. The number of methoxy groups -OCH3 is 1. The highest BCUT2D eigenvalue weighted by Crippen LogP contribution is 2.04. The van der Waals surface area contributed by atoms with Gasteiger partial charge in [0.25, 0.3) is 0 Å². The number of hydrogen-bond acceptors (Lipinski definition) is 4. The summed E-state index contributed by atoms with van der Waals surface area (Å²) in [7, 11) is 1.49. The maximum Gasteiger partial charge on any atom is 0.373 e. The van der Waals surface area contributed by atoms with Crippen LogP contribution in [0.5, 0.6) is 0 Å². The standard InChI is InChI=1S/C11H14O4/c1-3-10(13-2)14-15-11(12)9-7-5-4-6-8-9/h4-8,10H,3H2,1-2H3. The highest BCUT2D eigenvalue weighted by Gasteiger charge is 2.11. The van der Waals surface area contributed by atoms with Gasteiger partial charge in [-0.25, -0.2) is 4.79 Å². The molecule has 4 heteroatoms. The van der Waals surface area contributed by atoms with Crippen LogP contribution in [0.3, 0.4) is 0 Å². The molecule has 0 spiro atoms. The van der Waals surface area contributed by atoms with E-state index in [2.05, 4.69) is 4.89 Å². The number of hydrogen-bond donors (Lipinski definition) is 0. The number of benzene rings is 1. The third kappa shape index (κ3) is 3.69. The smallest absolute Gasteiger partial charge is 0.352 e. The maximum atomic E-state index is 11.4. The van der Waals surface area contributed by atoms with Gasteiger partial charge in [-0.2, -0.15) is 4.89 Å². The number of rotatable bonds is 5. The van der Waals surface area contributed by atoms with E-state index in [9.17, 15) is 4.79 Å². The average Bonchev–Trinajstić information content (AvgIpc) is 2.31. The second-order valence-electron chi connectivity index (χ2n) is 2.91. The Morgan fingerprint density at radius 1 is 1.33 bits per heavy atom. The van der Waals surface area contributed by atoms with Crippen LogP contribution < -0.4 is 0 Å². The molecule has 0 N–H and O–H groups in total. The Morgan fingerprint density at radius 2 is 2.00 bits per heavy atom. The van der Waals surface area contributed by atoms with E-state index in [0.29, 0.717) is 12.0 Å². The zero-order valence-electron chi connectivity index (χ0n) is 8.80. The van der Waals surface area contributed by atoms with Crippen molar-refractivity contribution in [2.75, 3.05) is 7.11 Å². The van der Waals surface area contributed by atoms with Crippen molar-refractivity contribution in [1.82, 2.24) is 0 Å². The lowest BCUT2D eigenvalue weighted by molar-refractivity contribution is -0.334. The molecule has 0 bridgehead atoms. The molecule has 1 aromatic carbocycles. The highest BCUT2D eigenvalue weighted by molar-refractivity contribution is 5.88. The van der Waals surface area contributed by atoms with Gasteiger partial charge < -0.3 is 4.74 Å². The van der Waals surface area contributed by atoms with Crippen molar-refractivity contribution >= 4 is 5.97 Å². The minimum absolute atomic E-state index is 0.448. The summed E-state index contributed by atoms with van der Waals surface area (Å²) in [6, 6.07) is 8.63. The molecule has 0 heterocycles. The maximum absolute atomic E-state index is 11.4. The lowest BCUT2D eigenvalue weighted by atomic mass is 10.2. The van der Waals surface area contributed by atoms with E-state index in [0.717, 1.165) is 0 Å². The molecule has 0 fully saturated rings. The summed E-state index contributed by atoms with van der Waals surface area (Å²) in [5.41, 5.74) is 0.448. The normalized spacial score (nSPS) is 12.1. The van der Waals surface area contributed by atoms with Gasteiger partial charge in [-0.3, -0.25) is 4.89 Å². The third-order valence-electron chi connectivity index (χ3n) is 1.84. The summed E-state index contributed by atoms with van der Waals surface area (Å²) >= 11 is 0. The van der Waals surface area contributed by atoms with E-state index in [4.69, 9.17) is 9.62 Å². The van der Waals surface area contributed by atoms with Gasteiger partial charge in [0.1, 0.15) is 0 Å². The van der Waals surface area contributed by atoms with Crippen LogP contribution in [0.2, 0.25) is 0 Å². The molecule has 4 nitrogen and oxygen atoms in total. The number of carbonyl (C=O) groups is 1. The van der Waals surface area contributed by atoms with Crippen molar-refractivity contribution in [3.05, 3.63) is 35.9 Å². The Bertz CT molecular complexity index is 293. The van der Waals surface area contributed by atoms with Crippen LogP contribution in [-0.2, 0) is 14.5 Å². The molecule has 0 aliphatic rings. The van der Waals surface area contributed by atoms with Crippen LogP contribution in [0, 0.1) is 0 Å². The summed E-state index contributed by atoms with van der Waals surface area (Å²) in [5, 5.41) is 0. The highest BCUT2D eigenvalue weighted by atomic mass is 17.2. The van der Waals surface area contributed by atoms with Crippen molar-refractivity contribution < 1.29 is 19.3 Å². The quantitative estimate of drug-likeness (QED) is 0.424. The molecule has 82 valence electrons.